The summed E-state index contributed by atoms with van der Waals surface area (Å²) in [6.45, 7) is 0. The van der Waals surface area contributed by atoms with E-state index in [2.05, 4.69) is 0 Å². The fraction of sp³-hybridized carbons (Fsp3) is 0. The molecule has 0 unspecified atom stereocenters. The summed E-state index contributed by atoms with van der Waals surface area (Å²) in [7, 11) is 0. The average Bonchev–Trinajstić information content (AvgIpc) is 1.00. The van der Waals surface area contributed by atoms with E-state index in [4.69, 9.17) is 0.938 Å². The SMILES string of the molecule is [CaH+].[OH-].[O]=[Ce]. The minimum absolute atomic E-state index is 0. The van der Waals surface area contributed by atoms with Crippen LogP contribution in [0.3, 0.4) is 0 Å². The van der Waals surface area contributed by atoms with E-state index in [1.54, 1.807) is 0 Å². The van der Waals surface area contributed by atoms with Gasteiger partial charge in [0.1, 0.15) is 0 Å². The third-order valence-corrected chi connectivity index (χ3v) is 0. The molecule has 0 atom stereocenters. The van der Waals surface area contributed by atoms with Crippen LogP contribution in [-0.2, 0) is 0.938 Å². The summed E-state index contributed by atoms with van der Waals surface area (Å²) in [5, 5.41) is 0. The van der Waals surface area contributed by atoms with Gasteiger partial charge in [0.15, 0.2) is 0 Å². The van der Waals surface area contributed by atoms with Crippen LogP contribution in [0.2, 0.25) is 0 Å². The molecule has 1 N–H and O–H groups in total. The molecular weight excluding hydrogens is 212 g/mol. The van der Waals surface area contributed by atoms with Gasteiger partial charge in [-0.1, -0.05) is 0 Å². The standard InChI is InChI=1S/Ca.Ce.H2O.O.H/h;;1H2;;/q+1;;;;/p-1. The van der Waals surface area contributed by atoms with Gasteiger partial charge in [-0.3, -0.25) is 0 Å². The van der Waals surface area contributed by atoms with E-state index in [0.717, 1.165) is 0 Å². The topological polar surface area (TPSA) is 47.1 Å². The Morgan fingerprint density at radius 2 is 1.25 bits per heavy atom. The molecule has 0 heterocycles. The van der Waals surface area contributed by atoms with Gasteiger partial charge in [0.2, 0.25) is 0 Å². The van der Waals surface area contributed by atoms with Crippen molar-refractivity contribution in [1.29, 1.82) is 0 Å². The quantitative estimate of drug-likeness (QED) is 0.488. The second kappa shape index (κ2) is 18.2. The molecule has 0 bridgehead atoms. The molecule has 0 rings (SSSR count). The van der Waals surface area contributed by atoms with Crippen LogP contribution >= 0.6 is 0 Å². The first-order valence-corrected chi connectivity index (χ1v) is 1.49. The van der Waals surface area contributed by atoms with Gasteiger partial charge in [-0.15, -0.1) is 0 Å². The van der Waals surface area contributed by atoms with Crippen LogP contribution in [0.25, 0.3) is 0 Å². The van der Waals surface area contributed by atoms with E-state index in [1.807, 2.05) is 0 Å². The molecule has 4 heteroatoms. The predicted octanol–water partition coefficient (Wildman–Crippen LogP) is -0.944. The molecular formula is H2CaCeO2. The Morgan fingerprint density at radius 3 is 1.25 bits per heavy atom. The maximum absolute atomic E-state index is 8.39. The van der Waals surface area contributed by atoms with Crippen LogP contribution in [0, 0.1) is 39.8 Å². The molecule has 0 aromatic rings. The summed E-state index contributed by atoms with van der Waals surface area (Å²) in [5.74, 6) is 0. The van der Waals surface area contributed by atoms with Crippen LogP contribution in [-0.4, -0.2) is 43.2 Å². The molecule has 4 heavy (non-hydrogen) atoms. The second-order valence-electron chi connectivity index (χ2n) is 0. The summed E-state index contributed by atoms with van der Waals surface area (Å²) in [6, 6.07) is 0. The van der Waals surface area contributed by atoms with Crippen molar-refractivity contribution in [3.05, 3.63) is 0 Å². The molecule has 0 fully saturated rings. The van der Waals surface area contributed by atoms with Gasteiger partial charge in [-0.05, 0) is 0 Å². The Morgan fingerprint density at radius 1 is 1.25 bits per heavy atom. The number of hydrogen-bond acceptors (Lipinski definition) is 2. The first kappa shape index (κ1) is 16.1. The number of hydrogen-bond donors (Lipinski definition) is 0. The molecule has 0 aliphatic carbocycles. The van der Waals surface area contributed by atoms with E-state index in [9.17, 15) is 0 Å². The summed E-state index contributed by atoms with van der Waals surface area (Å²) < 4.78 is 8.39. The Hall–Kier alpha value is 2.40. The van der Waals surface area contributed by atoms with Crippen LogP contribution in [0.1, 0.15) is 0 Å². The molecule has 2 nitrogen and oxygen atoms in total. The normalized spacial score (nSPS) is 0.750. The molecule has 20 valence electrons. The van der Waals surface area contributed by atoms with Gasteiger partial charge in [-0.25, -0.2) is 0 Å². The average molecular weight is 214 g/mol. The Labute approximate surface area is 81.8 Å². The van der Waals surface area contributed by atoms with Gasteiger partial charge in [-0.2, -0.15) is 0 Å². The third-order valence-electron chi connectivity index (χ3n) is 0. The molecule has 0 aliphatic rings. The van der Waals surface area contributed by atoms with Crippen molar-refractivity contribution in [2.75, 3.05) is 0 Å². The summed E-state index contributed by atoms with van der Waals surface area (Å²) >= 11 is 0.0556. The summed E-state index contributed by atoms with van der Waals surface area (Å²) in [6.07, 6.45) is 0. The Bertz CT molecular complexity index is 6.00. The number of rotatable bonds is 0. The van der Waals surface area contributed by atoms with E-state index < -0.39 is 0 Å². The van der Waals surface area contributed by atoms with Crippen molar-refractivity contribution >= 4 is 37.7 Å². The van der Waals surface area contributed by atoms with Crippen molar-refractivity contribution < 1.29 is 46.2 Å². The van der Waals surface area contributed by atoms with Gasteiger partial charge in [0.25, 0.3) is 0 Å². The Balaban J connectivity index is -0.00000000500. The summed E-state index contributed by atoms with van der Waals surface area (Å²) in [5.41, 5.74) is 0. The van der Waals surface area contributed by atoms with Gasteiger partial charge in [0.05, 0.1) is 0 Å². The van der Waals surface area contributed by atoms with Crippen molar-refractivity contribution in [3.8, 4) is 0 Å². The second-order valence-corrected chi connectivity index (χ2v) is 0. The zero-order valence-corrected chi connectivity index (χ0v) is 8.62. The van der Waals surface area contributed by atoms with Crippen molar-refractivity contribution in [2.45, 2.75) is 0 Å². The fourth-order valence-electron chi connectivity index (χ4n) is 0. The van der Waals surface area contributed by atoms with Gasteiger partial charge >= 0.3 is 78.5 Å². The zero-order valence-electron chi connectivity index (χ0n) is 2.36. The molecule has 0 saturated carbocycles. The monoisotopic (exact) mass is 214 g/mol. The molecule has 0 radical (unpaired) electrons. The van der Waals surface area contributed by atoms with Gasteiger partial charge in [0, 0.05) is 0 Å². The van der Waals surface area contributed by atoms with Crippen molar-refractivity contribution in [1.82, 2.24) is 0 Å². The van der Waals surface area contributed by atoms with Crippen LogP contribution in [0.15, 0.2) is 0 Å². The first-order valence-electron chi connectivity index (χ1n) is 0.204. The van der Waals surface area contributed by atoms with Crippen LogP contribution < -0.4 is 0 Å². The molecule has 0 aliphatic heterocycles. The Kier molecular flexibility index (Phi) is 73.3. The maximum atomic E-state index is 8.39. The van der Waals surface area contributed by atoms with E-state index >= 15 is 0 Å². The predicted molar refractivity (Wildman–Crippen MR) is 9.77 cm³/mol. The van der Waals surface area contributed by atoms with Crippen molar-refractivity contribution in [2.24, 2.45) is 0 Å². The van der Waals surface area contributed by atoms with E-state index in [0.29, 0.717) is 0 Å². The molecule has 0 spiro atoms. The third kappa shape index (κ3) is 8.83. The minimum atomic E-state index is 0. The summed E-state index contributed by atoms with van der Waals surface area (Å²) in [4.78, 5) is 0. The zero-order chi connectivity index (χ0) is 2.00. The fourth-order valence-corrected chi connectivity index (χ4v) is 0. The molecule has 0 aromatic carbocycles. The molecule has 0 aromatic heterocycles. The van der Waals surface area contributed by atoms with Gasteiger partial charge < -0.3 is 5.48 Å². The molecule has 0 amide bonds. The van der Waals surface area contributed by atoms with Crippen molar-refractivity contribution in [3.63, 3.8) is 0 Å². The van der Waals surface area contributed by atoms with E-state index in [-0.39, 0.29) is 83.0 Å². The van der Waals surface area contributed by atoms with E-state index in [1.165, 1.54) is 0 Å². The molecule has 0 saturated heterocycles. The van der Waals surface area contributed by atoms with Crippen LogP contribution in [0.5, 0.6) is 0 Å². The first-order chi connectivity index (χ1) is 1.00. The van der Waals surface area contributed by atoms with Crippen LogP contribution in [0.4, 0.5) is 0 Å².